The van der Waals surface area contributed by atoms with Crippen LogP contribution in [0.1, 0.15) is 24.8 Å². The molecule has 0 N–H and O–H groups in total. The lowest BCUT2D eigenvalue weighted by molar-refractivity contribution is -0.130. The summed E-state index contributed by atoms with van der Waals surface area (Å²) in [6.45, 7) is 4.16. The zero-order chi connectivity index (χ0) is 14.5. The highest BCUT2D eigenvalue weighted by atomic mass is 32.2. The van der Waals surface area contributed by atoms with E-state index in [4.69, 9.17) is 0 Å². The molecular weight excluding hydrogens is 280 g/mol. The van der Waals surface area contributed by atoms with Crippen molar-refractivity contribution in [1.29, 1.82) is 0 Å². The Labute approximate surface area is 131 Å². The van der Waals surface area contributed by atoms with E-state index in [-0.39, 0.29) is 5.91 Å². The molecule has 21 heavy (non-hydrogen) atoms. The van der Waals surface area contributed by atoms with E-state index >= 15 is 0 Å². The highest BCUT2D eigenvalue weighted by Gasteiger charge is 2.17. The first-order valence-electron chi connectivity index (χ1n) is 8.02. The van der Waals surface area contributed by atoms with Crippen molar-refractivity contribution in [2.45, 2.75) is 25.7 Å². The van der Waals surface area contributed by atoms with Gasteiger partial charge in [-0.2, -0.15) is 11.8 Å². The molecule has 0 spiro atoms. The smallest absolute Gasteiger partial charge is 0.227 e. The maximum absolute atomic E-state index is 12.3. The molecule has 0 radical (unpaired) electrons. The minimum absolute atomic E-state index is 0.279. The Morgan fingerprint density at radius 2 is 1.62 bits per heavy atom. The van der Waals surface area contributed by atoms with E-state index in [0.29, 0.717) is 6.42 Å². The molecule has 114 valence electrons. The lowest BCUT2D eigenvalue weighted by atomic mass is 10.1. The zero-order valence-corrected chi connectivity index (χ0v) is 13.4. The predicted molar refractivity (Wildman–Crippen MR) is 90.1 cm³/mol. The minimum Gasteiger partial charge on any atom is -0.372 e. The van der Waals surface area contributed by atoms with Crippen LogP contribution in [0.2, 0.25) is 0 Å². The second kappa shape index (κ2) is 7.21. The van der Waals surface area contributed by atoms with Gasteiger partial charge >= 0.3 is 0 Å². The number of nitrogens with zero attached hydrogens (tertiary/aromatic N) is 2. The lowest BCUT2D eigenvalue weighted by Crippen LogP contribution is -2.38. The van der Waals surface area contributed by atoms with Gasteiger partial charge < -0.3 is 9.80 Å². The number of anilines is 1. The summed E-state index contributed by atoms with van der Waals surface area (Å²) in [5, 5.41) is 0. The highest BCUT2D eigenvalue weighted by molar-refractivity contribution is 7.99. The van der Waals surface area contributed by atoms with Crippen LogP contribution in [0.5, 0.6) is 0 Å². The van der Waals surface area contributed by atoms with Gasteiger partial charge in [0, 0.05) is 43.4 Å². The molecule has 0 aliphatic carbocycles. The third kappa shape index (κ3) is 3.94. The molecule has 1 aromatic carbocycles. The summed E-state index contributed by atoms with van der Waals surface area (Å²) in [6.07, 6.45) is 4.50. The molecule has 0 atom stereocenters. The molecule has 1 amide bonds. The second-order valence-corrected chi connectivity index (χ2v) is 7.11. The number of carbonyl (C=O) groups is 1. The predicted octanol–water partition coefficient (Wildman–Crippen LogP) is 2.79. The zero-order valence-electron chi connectivity index (χ0n) is 12.6. The number of rotatable bonds is 3. The van der Waals surface area contributed by atoms with Crippen LogP contribution in [0.15, 0.2) is 24.3 Å². The molecule has 3 rings (SSSR count). The highest BCUT2D eigenvalue weighted by Crippen LogP contribution is 2.20. The van der Waals surface area contributed by atoms with Crippen molar-refractivity contribution in [2.75, 3.05) is 42.6 Å². The van der Waals surface area contributed by atoms with E-state index in [1.165, 1.54) is 38.0 Å². The van der Waals surface area contributed by atoms with E-state index in [9.17, 15) is 4.79 Å². The number of amides is 1. The van der Waals surface area contributed by atoms with E-state index in [0.717, 1.165) is 30.2 Å². The van der Waals surface area contributed by atoms with Gasteiger partial charge in [-0.15, -0.1) is 0 Å². The number of carbonyl (C=O) groups excluding carboxylic acids is 1. The molecule has 2 saturated heterocycles. The summed E-state index contributed by atoms with van der Waals surface area (Å²) < 4.78 is 0. The van der Waals surface area contributed by atoms with Crippen molar-refractivity contribution in [1.82, 2.24) is 4.90 Å². The molecule has 4 heteroatoms. The van der Waals surface area contributed by atoms with E-state index in [1.54, 1.807) is 0 Å². The van der Waals surface area contributed by atoms with E-state index in [1.807, 2.05) is 16.7 Å². The van der Waals surface area contributed by atoms with Crippen molar-refractivity contribution in [3.8, 4) is 0 Å². The average Bonchev–Trinajstić information content (AvgIpc) is 2.57. The second-order valence-electron chi connectivity index (χ2n) is 5.88. The first-order chi connectivity index (χ1) is 10.3. The van der Waals surface area contributed by atoms with Gasteiger partial charge in [-0.25, -0.2) is 0 Å². The van der Waals surface area contributed by atoms with Crippen molar-refractivity contribution < 1.29 is 4.79 Å². The Bertz CT molecular complexity index is 462. The van der Waals surface area contributed by atoms with Crippen molar-refractivity contribution in [2.24, 2.45) is 0 Å². The van der Waals surface area contributed by atoms with Crippen LogP contribution in [0.3, 0.4) is 0 Å². The van der Waals surface area contributed by atoms with Gasteiger partial charge in [0.2, 0.25) is 5.91 Å². The number of thioether (sulfide) groups is 1. The van der Waals surface area contributed by atoms with Gasteiger partial charge in [0.25, 0.3) is 0 Å². The SMILES string of the molecule is O=C(Cc1ccc(N2CCCCC2)cc1)N1CCSCC1. The van der Waals surface area contributed by atoms with E-state index < -0.39 is 0 Å². The van der Waals surface area contributed by atoms with Crippen LogP contribution in [0.25, 0.3) is 0 Å². The monoisotopic (exact) mass is 304 g/mol. The van der Waals surface area contributed by atoms with Crippen molar-refractivity contribution in [3.63, 3.8) is 0 Å². The van der Waals surface area contributed by atoms with Crippen LogP contribution < -0.4 is 4.90 Å². The Morgan fingerprint density at radius 3 is 2.29 bits per heavy atom. The fourth-order valence-corrected chi connectivity index (χ4v) is 3.98. The molecule has 0 saturated carbocycles. The van der Waals surface area contributed by atoms with Crippen LogP contribution in [0.4, 0.5) is 5.69 Å². The molecule has 2 fully saturated rings. The lowest BCUT2D eigenvalue weighted by Gasteiger charge is -2.29. The average molecular weight is 304 g/mol. The number of hydrogen-bond donors (Lipinski definition) is 0. The summed E-state index contributed by atoms with van der Waals surface area (Å²) in [5.41, 5.74) is 2.44. The normalized spacial score (nSPS) is 19.6. The maximum atomic E-state index is 12.3. The van der Waals surface area contributed by atoms with Crippen LogP contribution in [-0.2, 0) is 11.2 Å². The van der Waals surface area contributed by atoms with Gasteiger partial charge in [0.15, 0.2) is 0 Å². The number of benzene rings is 1. The van der Waals surface area contributed by atoms with E-state index in [2.05, 4.69) is 29.2 Å². The van der Waals surface area contributed by atoms with Gasteiger partial charge in [-0.05, 0) is 37.0 Å². The quantitative estimate of drug-likeness (QED) is 0.858. The number of hydrogen-bond acceptors (Lipinski definition) is 3. The first-order valence-corrected chi connectivity index (χ1v) is 9.18. The Kier molecular flexibility index (Phi) is 5.07. The molecule has 0 aromatic heterocycles. The Balaban J connectivity index is 1.57. The molecule has 1 aromatic rings. The van der Waals surface area contributed by atoms with Gasteiger partial charge in [0.1, 0.15) is 0 Å². The van der Waals surface area contributed by atoms with Crippen molar-refractivity contribution in [3.05, 3.63) is 29.8 Å². The number of piperidine rings is 1. The first kappa shape index (κ1) is 14.8. The summed E-state index contributed by atoms with van der Waals surface area (Å²) in [5.74, 6) is 2.44. The van der Waals surface area contributed by atoms with Gasteiger partial charge in [0.05, 0.1) is 6.42 Å². The van der Waals surface area contributed by atoms with Crippen LogP contribution in [0, 0.1) is 0 Å². The fraction of sp³-hybridized carbons (Fsp3) is 0.588. The summed E-state index contributed by atoms with van der Waals surface area (Å²) in [6, 6.07) is 8.61. The summed E-state index contributed by atoms with van der Waals surface area (Å²) in [7, 11) is 0. The third-order valence-electron chi connectivity index (χ3n) is 4.38. The van der Waals surface area contributed by atoms with Crippen molar-refractivity contribution >= 4 is 23.4 Å². The Morgan fingerprint density at radius 1 is 0.952 bits per heavy atom. The van der Waals surface area contributed by atoms with Gasteiger partial charge in [-0.1, -0.05) is 12.1 Å². The third-order valence-corrected chi connectivity index (χ3v) is 5.32. The van der Waals surface area contributed by atoms with Crippen LogP contribution >= 0.6 is 11.8 Å². The minimum atomic E-state index is 0.279. The molecule has 2 aliphatic rings. The largest absolute Gasteiger partial charge is 0.372 e. The Hall–Kier alpha value is -1.16. The topological polar surface area (TPSA) is 23.6 Å². The standard InChI is InChI=1S/C17H24N2OS/c20-17(19-10-12-21-13-11-19)14-15-4-6-16(7-5-15)18-8-2-1-3-9-18/h4-7H,1-3,8-14H2. The molecule has 3 nitrogen and oxygen atoms in total. The summed E-state index contributed by atoms with van der Waals surface area (Å²) in [4.78, 5) is 16.7. The maximum Gasteiger partial charge on any atom is 0.227 e. The summed E-state index contributed by atoms with van der Waals surface area (Å²) >= 11 is 1.94. The molecule has 0 bridgehead atoms. The molecular formula is C17H24N2OS. The molecule has 2 heterocycles. The van der Waals surface area contributed by atoms with Gasteiger partial charge in [-0.3, -0.25) is 4.79 Å². The van der Waals surface area contributed by atoms with Crippen LogP contribution in [-0.4, -0.2) is 48.5 Å². The molecule has 0 unspecified atom stereocenters. The molecule has 2 aliphatic heterocycles. The fourth-order valence-electron chi connectivity index (χ4n) is 3.08.